The first-order valence-electron chi connectivity index (χ1n) is 14.0. The fraction of sp³-hybridized carbons (Fsp3) is 0.552. The van der Waals surface area contributed by atoms with Gasteiger partial charge in [-0.1, -0.05) is 6.07 Å². The smallest absolute Gasteiger partial charge is 0.490 e. The Bertz CT molecular complexity index is 1480. The maximum Gasteiger partial charge on any atom is 0.490 e. The van der Waals surface area contributed by atoms with Gasteiger partial charge in [-0.25, -0.2) is 14.4 Å². The van der Waals surface area contributed by atoms with Crippen LogP contribution in [0.15, 0.2) is 24.0 Å². The largest absolute Gasteiger partial charge is 0.493 e. The summed E-state index contributed by atoms with van der Waals surface area (Å²) in [7, 11) is 3.51. The number of likely N-dealkylation sites (tertiary alicyclic amines) is 1. The number of aliphatic carboxylic acids is 2. The van der Waals surface area contributed by atoms with E-state index in [-0.39, 0.29) is 18.2 Å². The lowest BCUT2D eigenvalue weighted by Gasteiger charge is -2.61. The number of hydrogen-bond donors (Lipinski definition) is 3. The van der Waals surface area contributed by atoms with Crippen LogP contribution in [0.3, 0.4) is 0 Å². The number of piperidine rings is 1. The van der Waals surface area contributed by atoms with Crippen LogP contribution < -0.4 is 9.47 Å². The third-order valence-electron chi connectivity index (χ3n) is 8.60. The van der Waals surface area contributed by atoms with Crippen molar-refractivity contribution in [2.24, 2.45) is 0 Å². The highest BCUT2D eigenvalue weighted by atomic mass is 19.4. The SMILES string of the molecule is COc1ccc2c3c1O[C@H]1C(OC(=O)C[C@H](OC(C)=O)C(=O)O[C@@H](C)C(=O)O)=CC[C@@]4(O)[C@@H](C2)N(C)CC[C@]314.O=C(O)C(F)(F)F. The number of carboxylic acid groups (broad SMARTS) is 2. The molecule has 4 aliphatic rings. The number of likely N-dealkylation sites (N-methyl/N-ethyl adjacent to an activating group) is 1. The zero-order chi connectivity index (χ0) is 34.4. The fourth-order valence-electron chi connectivity index (χ4n) is 6.59. The lowest BCUT2D eigenvalue weighted by molar-refractivity contribution is -0.192. The van der Waals surface area contributed by atoms with Crippen LogP contribution in [-0.4, -0.2) is 107 Å². The summed E-state index contributed by atoms with van der Waals surface area (Å²) in [5.74, 6) is -5.93. The molecule has 0 aromatic heterocycles. The van der Waals surface area contributed by atoms with E-state index >= 15 is 0 Å². The molecule has 0 saturated carbocycles. The maximum absolute atomic E-state index is 13.0. The number of carboxylic acids is 2. The number of benzene rings is 1. The summed E-state index contributed by atoms with van der Waals surface area (Å²) < 4.78 is 59.2. The summed E-state index contributed by atoms with van der Waals surface area (Å²) >= 11 is 0. The molecule has 2 heterocycles. The number of halogens is 3. The molecule has 2 bridgehead atoms. The van der Waals surface area contributed by atoms with Crippen LogP contribution in [0.1, 0.15) is 44.2 Å². The van der Waals surface area contributed by atoms with E-state index in [9.17, 15) is 37.5 Å². The number of esters is 3. The number of methoxy groups -OCH3 is 1. The van der Waals surface area contributed by atoms with Crippen molar-refractivity contribution >= 4 is 29.8 Å². The minimum atomic E-state index is -5.08. The van der Waals surface area contributed by atoms with E-state index in [2.05, 4.69) is 4.90 Å². The van der Waals surface area contributed by atoms with Crippen molar-refractivity contribution in [2.75, 3.05) is 20.7 Å². The molecular formula is C29H32F3NO13. The van der Waals surface area contributed by atoms with E-state index in [1.54, 1.807) is 6.08 Å². The summed E-state index contributed by atoms with van der Waals surface area (Å²) in [5, 5.41) is 28.4. The third-order valence-corrected chi connectivity index (χ3v) is 8.60. The van der Waals surface area contributed by atoms with Crippen molar-refractivity contribution in [2.45, 2.75) is 81.1 Å². The second-order valence-corrected chi connectivity index (χ2v) is 11.3. The van der Waals surface area contributed by atoms with Gasteiger partial charge in [-0.3, -0.25) is 9.59 Å². The van der Waals surface area contributed by atoms with Crippen molar-refractivity contribution in [1.82, 2.24) is 4.90 Å². The van der Waals surface area contributed by atoms with Gasteiger partial charge in [-0.05, 0) is 51.1 Å². The number of rotatable bonds is 8. The van der Waals surface area contributed by atoms with Gasteiger partial charge < -0.3 is 43.9 Å². The molecule has 1 spiro atoms. The first-order chi connectivity index (χ1) is 21.4. The Balaban J connectivity index is 0.000000617. The Kier molecular flexibility index (Phi) is 9.32. The van der Waals surface area contributed by atoms with Crippen LogP contribution in [0.25, 0.3) is 0 Å². The van der Waals surface area contributed by atoms with Crippen LogP contribution in [0.4, 0.5) is 13.2 Å². The van der Waals surface area contributed by atoms with Gasteiger partial charge in [0.2, 0.25) is 6.10 Å². The number of ether oxygens (including phenoxy) is 5. The Morgan fingerprint density at radius 1 is 1.15 bits per heavy atom. The zero-order valence-electron chi connectivity index (χ0n) is 25.1. The number of nitrogens with zero attached hydrogens (tertiary/aromatic N) is 1. The first-order valence-corrected chi connectivity index (χ1v) is 14.0. The van der Waals surface area contributed by atoms with Gasteiger partial charge in [0.15, 0.2) is 23.7 Å². The van der Waals surface area contributed by atoms with Crippen LogP contribution in [-0.2, 0) is 50.0 Å². The molecule has 1 aromatic carbocycles. The molecule has 1 fully saturated rings. The molecule has 252 valence electrons. The molecule has 17 heteroatoms. The highest BCUT2D eigenvalue weighted by molar-refractivity contribution is 5.86. The maximum atomic E-state index is 13.0. The van der Waals surface area contributed by atoms with Gasteiger partial charge in [-0.15, -0.1) is 0 Å². The summed E-state index contributed by atoms with van der Waals surface area (Å²) in [4.78, 5) is 59.2. The van der Waals surface area contributed by atoms with Crippen LogP contribution in [0.5, 0.6) is 11.5 Å². The normalized spacial score (nSPS) is 26.8. The molecule has 14 nitrogen and oxygen atoms in total. The lowest BCUT2D eigenvalue weighted by Crippen LogP contribution is -2.74. The second-order valence-electron chi connectivity index (χ2n) is 11.3. The van der Waals surface area contributed by atoms with Gasteiger partial charge in [-0.2, -0.15) is 13.2 Å². The number of aliphatic hydroxyl groups is 1. The number of carbonyl (C=O) groups is 5. The van der Waals surface area contributed by atoms with Crippen molar-refractivity contribution in [3.8, 4) is 11.5 Å². The summed E-state index contributed by atoms with van der Waals surface area (Å²) in [6.45, 7) is 2.86. The van der Waals surface area contributed by atoms with E-state index in [0.29, 0.717) is 30.9 Å². The topological polar surface area (TPSA) is 195 Å². The Hall–Kier alpha value is -4.38. The predicted octanol–water partition coefficient (Wildman–Crippen LogP) is 1.49. The molecule has 0 radical (unpaired) electrons. The number of carbonyl (C=O) groups excluding carboxylic acids is 3. The standard InChI is InChI=1S/C27H31NO11.C2HF3O2/c1-13(24(31)32)36-25(33)18(37-14(2)29)12-20(30)38-17-7-8-27(34)19-11-15-5-6-16(35-4)22-21(15)26(27,23(17)39-22)9-10-28(19)3;3-2(4,5)1(6)7/h5-7,13,18-19,23,34H,8-12H2,1-4H3,(H,31,32);(H,6,7)/t13-,18-,19+,23-,26-,27+;/m0./s1. The summed E-state index contributed by atoms with van der Waals surface area (Å²) in [5.41, 5.74) is -0.184. The molecular weight excluding hydrogens is 627 g/mol. The van der Waals surface area contributed by atoms with Gasteiger partial charge in [0.1, 0.15) is 5.76 Å². The molecule has 1 aromatic rings. The fourth-order valence-corrected chi connectivity index (χ4v) is 6.59. The summed E-state index contributed by atoms with van der Waals surface area (Å²) in [6.07, 6.45) is -6.85. The quantitative estimate of drug-likeness (QED) is 0.268. The Morgan fingerprint density at radius 2 is 1.80 bits per heavy atom. The van der Waals surface area contributed by atoms with Crippen molar-refractivity contribution in [1.29, 1.82) is 0 Å². The van der Waals surface area contributed by atoms with Crippen LogP contribution >= 0.6 is 0 Å². The lowest BCUT2D eigenvalue weighted by atomic mass is 9.50. The molecule has 3 N–H and O–H groups in total. The van der Waals surface area contributed by atoms with Gasteiger partial charge in [0, 0.05) is 24.9 Å². The molecule has 0 amide bonds. The van der Waals surface area contributed by atoms with Gasteiger partial charge in [0.25, 0.3) is 0 Å². The summed E-state index contributed by atoms with van der Waals surface area (Å²) in [6, 6.07) is 3.62. The minimum absolute atomic E-state index is 0.174. The molecule has 2 aliphatic heterocycles. The average molecular weight is 660 g/mol. The first kappa shape index (κ1) is 34.5. The van der Waals surface area contributed by atoms with Gasteiger partial charge >= 0.3 is 36.0 Å². The zero-order valence-corrected chi connectivity index (χ0v) is 25.1. The van der Waals surface area contributed by atoms with Crippen molar-refractivity contribution in [3.05, 3.63) is 35.1 Å². The molecule has 6 atom stereocenters. The Labute approximate surface area is 259 Å². The second kappa shape index (κ2) is 12.4. The van der Waals surface area contributed by atoms with E-state index in [0.717, 1.165) is 25.0 Å². The molecule has 5 rings (SSSR count). The minimum Gasteiger partial charge on any atom is -0.493 e. The Morgan fingerprint density at radius 3 is 2.37 bits per heavy atom. The molecule has 0 unspecified atom stereocenters. The van der Waals surface area contributed by atoms with Crippen LogP contribution in [0, 0.1) is 0 Å². The van der Waals surface area contributed by atoms with Crippen molar-refractivity contribution < 1.29 is 76.1 Å². The predicted molar refractivity (Wildman–Crippen MR) is 145 cm³/mol. The molecule has 46 heavy (non-hydrogen) atoms. The van der Waals surface area contributed by atoms with E-state index in [1.165, 1.54) is 7.11 Å². The highest BCUT2D eigenvalue weighted by Crippen LogP contribution is 2.65. The van der Waals surface area contributed by atoms with E-state index in [1.807, 2.05) is 19.2 Å². The third kappa shape index (κ3) is 5.95. The van der Waals surface area contributed by atoms with Crippen LogP contribution in [0.2, 0.25) is 0 Å². The molecule has 1 saturated heterocycles. The van der Waals surface area contributed by atoms with Gasteiger partial charge in [0.05, 0.1) is 24.5 Å². The van der Waals surface area contributed by atoms with E-state index < -0.39 is 71.8 Å². The molecule has 2 aliphatic carbocycles. The average Bonchev–Trinajstić information content (AvgIpc) is 3.31. The number of hydrogen-bond acceptors (Lipinski definition) is 12. The highest BCUT2D eigenvalue weighted by Gasteiger charge is 2.72. The van der Waals surface area contributed by atoms with E-state index in [4.69, 9.17) is 38.7 Å². The number of alkyl halides is 3. The monoisotopic (exact) mass is 659 g/mol. The van der Waals surface area contributed by atoms with Crippen molar-refractivity contribution in [3.63, 3.8) is 0 Å².